The van der Waals surface area contributed by atoms with Gasteiger partial charge in [-0.3, -0.25) is 4.79 Å². The maximum Gasteiger partial charge on any atom is 0.224 e. The van der Waals surface area contributed by atoms with Gasteiger partial charge in [0, 0.05) is 13.0 Å². The fourth-order valence-corrected chi connectivity index (χ4v) is 2.25. The lowest BCUT2D eigenvalue weighted by Gasteiger charge is -2.23. The van der Waals surface area contributed by atoms with E-state index in [-0.39, 0.29) is 5.91 Å². The summed E-state index contributed by atoms with van der Waals surface area (Å²) in [5.41, 5.74) is 0.481. The van der Waals surface area contributed by atoms with E-state index in [1.807, 2.05) is 6.92 Å². The zero-order chi connectivity index (χ0) is 12.7. The first kappa shape index (κ1) is 14.2. The summed E-state index contributed by atoms with van der Waals surface area (Å²) >= 11 is 0. The number of carbonyl (C=O) groups excluding carboxylic acids is 1. The predicted molar refractivity (Wildman–Crippen MR) is 69.7 cm³/mol. The minimum atomic E-state index is -0.772. The molecule has 0 saturated carbocycles. The summed E-state index contributed by atoms with van der Waals surface area (Å²) in [4.78, 5) is 11.7. The fourth-order valence-electron chi connectivity index (χ4n) is 2.25. The van der Waals surface area contributed by atoms with Crippen LogP contribution in [-0.4, -0.2) is 23.2 Å². The molecule has 0 saturated heterocycles. The van der Waals surface area contributed by atoms with Gasteiger partial charge in [0.25, 0.3) is 0 Å². The summed E-state index contributed by atoms with van der Waals surface area (Å²) < 4.78 is 0. The average Bonchev–Trinajstić information content (AvgIpc) is 2.28. The van der Waals surface area contributed by atoms with Crippen molar-refractivity contribution in [3.05, 3.63) is 11.6 Å². The molecule has 1 rings (SSSR count). The number of aliphatic hydroxyl groups is 1. The number of hydrogen-bond donors (Lipinski definition) is 2. The van der Waals surface area contributed by atoms with Crippen LogP contribution in [0.4, 0.5) is 0 Å². The average molecular weight is 239 g/mol. The van der Waals surface area contributed by atoms with Gasteiger partial charge in [-0.05, 0) is 39.0 Å². The van der Waals surface area contributed by atoms with Gasteiger partial charge in [-0.1, -0.05) is 25.0 Å². The highest BCUT2D eigenvalue weighted by atomic mass is 16.3. The highest BCUT2D eigenvalue weighted by Crippen LogP contribution is 2.20. The molecule has 0 aromatic carbocycles. The summed E-state index contributed by atoms with van der Waals surface area (Å²) in [5, 5.41) is 12.8. The predicted octanol–water partition coefficient (Wildman–Crippen LogP) is 2.54. The molecule has 17 heavy (non-hydrogen) atoms. The summed E-state index contributed by atoms with van der Waals surface area (Å²) in [6.45, 7) is 4.16. The van der Waals surface area contributed by atoms with Crippen molar-refractivity contribution in [3.63, 3.8) is 0 Å². The molecule has 1 aliphatic rings. The molecule has 3 nitrogen and oxygen atoms in total. The summed E-state index contributed by atoms with van der Waals surface area (Å²) in [6, 6.07) is 0. The van der Waals surface area contributed by atoms with Crippen LogP contribution in [0, 0.1) is 0 Å². The summed E-state index contributed by atoms with van der Waals surface area (Å²) in [6.07, 6.45) is 8.94. The highest BCUT2D eigenvalue weighted by Gasteiger charge is 2.20. The normalized spacial score (nSPS) is 19.4. The number of hydrogen-bond acceptors (Lipinski definition) is 2. The molecule has 1 amide bonds. The lowest BCUT2D eigenvalue weighted by molar-refractivity contribution is -0.121. The van der Waals surface area contributed by atoms with Gasteiger partial charge in [-0.15, -0.1) is 0 Å². The van der Waals surface area contributed by atoms with Crippen LogP contribution in [0.5, 0.6) is 0 Å². The lowest BCUT2D eigenvalue weighted by atomic mass is 9.96. The second-order valence-electron chi connectivity index (χ2n) is 5.31. The van der Waals surface area contributed by atoms with E-state index in [1.165, 1.54) is 18.4 Å². The van der Waals surface area contributed by atoms with E-state index < -0.39 is 5.60 Å². The zero-order valence-electron chi connectivity index (χ0n) is 11.1. The van der Waals surface area contributed by atoms with Gasteiger partial charge in [0.2, 0.25) is 5.91 Å². The molecular formula is C14H25NO2. The number of nitrogens with one attached hydrogen (secondary N) is 1. The van der Waals surface area contributed by atoms with Gasteiger partial charge < -0.3 is 10.4 Å². The lowest BCUT2D eigenvalue weighted by Crippen LogP contribution is -2.40. The Kier molecular flexibility index (Phi) is 5.69. The monoisotopic (exact) mass is 239 g/mol. The van der Waals surface area contributed by atoms with E-state index in [0.29, 0.717) is 13.0 Å². The molecule has 1 aliphatic carbocycles. The number of allylic oxidation sites excluding steroid dienone is 1. The Bertz CT molecular complexity index is 282. The van der Waals surface area contributed by atoms with Crippen molar-refractivity contribution in [1.29, 1.82) is 0 Å². The van der Waals surface area contributed by atoms with Crippen molar-refractivity contribution < 1.29 is 9.90 Å². The van der Waals surface area contributed by atoms with Crippen LogP contribution in [-0.2, 0) is 4.79 Å². The van der Waals surface area contributed by atoms with E-state index in [9.17, 15) is 9.90 Å². The van der Waals surface area contributed by atoms with Crippen LogP contribution in [0.25, 0.3) is 0 Å². The zero-order valence-corrected chi connectivity index (χ0v) is 11.1. The molecule has 0 aromatic heterocycles. The molecule has 0 bridgehead atoms. The standard InChI is InChI=1S/C14H25NO2/c1-3-9-14(2,17)11-15-13(16)10-12-7-5-4-6-8-12/h7,17H,3-6,8-11H2,1-2H3,(H,15,16). The maximum absolute atomic E-state index is 11.7. The van der Waals surface area contributed by atoms with Crippen LogP contribution in [0.1, 0.15) is 58.8 Å². The van der Waals surface area contributed by atoms with Crippen molar-refractivity contribution in [3.8, 4) is 0 Å². The topological polar surface area (TPSA) is 49.3 Å². The highest BCUT2D eigenvalue weighted by molar-refractivity contribution is 5.78. The van der Waals surface area contributed by atoms with Gasteiger partial charge in [0.05, 0.1) is 5.60 Å². The minimum absolute atomic E-state index is 0.0366. The molecule has 1 atom stereocenters. The van der Waals surface area contributed by atoms with Gasteiger partial charge in [-0.2, -0.15) is 0 Å². The Labute approximate surface area is 104 Å². The molecular weight excluding hydrogens is 214 g/mol. The third-order valence-corrected chi connectivity index (χ3v) is 3.23. The van der Waals surface area contributed by atoms with E-state index in [4.69, 9.17) is 0 Å². The van der Waals surface area contributed by atoms with E-state index in [0.717, 1.165) is 25.7 Å². The van der Waals surface area contributed by atoms with Gasteiger partial charge in [0.15, 0.2) is 0 Å². The van der Waals surface area contributed by atoms with Crippen molar-refractivity contribution in [1.82, 2.24) is 5.32 Å². The first-order valence-corrected chi connectivity index (χ1v) is 6.70. The van der Waals surface area contributed by atoms with Crippen molar-refractivity contribution >= 4 is 5.91 Å². The largest absolute Gasteiger partial charge is 0.388 e. The Hall–Kier alpha value is -0.830. The summed E-state index contributed by atoms with van der Waals surface area (Å²) in [5.74, 6) is 0.0366. The number of carbonyl (C=O) groups is 1. The SMILES string of the molecule is CCCC(C)(O)CNC(=O)CC1=CCCCC1. The maximum atomic E-state index is 11.7. The Morgan fingerprint density at radius 3 is 2.88 bits per heavy atom. The molecule has 2 N–H and O–H groups in total. The van der Waals surface area contributed by atoms with Crippen molar-refractivity contribution in [2.24, 2.45) is 0 Å². The Balaban J connectivity index is 2.27. The van der Waals surface area contributed by atoms with Crippen molar-refractivity contribution in [2.75, 3.05) is 6.54 Å². The second kappa shape index (κ2) is 6.80. The first-order valence-electron chi connectivity index (χ1n) is 6.70. The van der Waals surface area contributed by atoms with Crippen LogP contribution in [0.15, 0.2) is 11.6 Å². The van der Waals surface area contributed by atoms with Crippen LogP contribution in [0.2, 0.25) is 0 Å². The Morgan fingerprint density at radius 1 is 1.53 bits per heavy atom. The van der Waals surface area contributed by atoms with E-state index in [2.05, 4.69) is 11.4 Å². The minimum Gasteiger partial charge on any atom is -0.388 e. The molecule has 0 fully saturated rings. The third-order valence-electron chi connectivity index (χ3n) is 3.23. The third kappa shape index (κ3) is 5.87. The van der Waals surface area contributed by atoms with Crippen LogP contribution in [0.3, 0.4) is 0 Å². The first-order chi connectivity index (χ1) is 8.03. The molecule has 98 valence electrons. The van der Waals surface area contributed by atoms with Crippen LogP contribution >= 0.6 is 0 Å². The molecule has 0 aliphatic heterocycles. The van der Waals surface area contributed by atoms with Crippen LogP contribution < -0.4 is 5.32 Å². The number of amides is 1. The van der Waals surface area contributed by atoms with Gasteiger partial charge in [-0.25, -0.2) is 0 Å². The molecule has 0 heterocycles. The smallest absolute Gasteiger partial charge is 0.224 e. The molecule has 0 radical (unpaired) electrons. The molecule has 1 unspecified atom stereocenters. The molecule has 3 heteroatoms. The van der Waals surface area contributed by atoms with Gasteiger partial charge >= 0.3 is 0 Å². The summed E-state index contributed by atoms with van der Waals surface area (Å²) in [7, 11) is 0. The van der Waals surface area contributed by atoms with Gasteiger partial charge in [0.1, 0.15) is 0 Å². The van der Waals surface area contributed by atoms with Crippen molar-refractivity contribution in [2.45, 2.75) is 64.4 Å². The molecule has 0 aromatic rings. The fraction of sp³-hybridized carbons (Fsp3) is 0.786. The quantitative estimate of drug-likeness (QED) is 0.700. The molecule has 0 spiro atoms. The Morgan fingerprint density at radius 2 is 2.29 bits per heavy atom. The number of rotatable bonds is 6. The second-order valence-corrected chi connectivity index (χ2v) is 5.31. The van der Waals surface area contributed by atoms with E-state index in [1.54, 1.807) is 6.92 Å². The van der Waals surface area contributed by atoms with E-state index >= 15 is 0 Å².